The number of likely N-dealkylation sites (tertiary alicyclic amines) is 1. The lowest BCUT2D eigenvalue weighted by atomic mass is 10.2. The maximum atomic E-state index is 12.2. The van der Waals surface area contributed by atoms with Gasteiger partial charge in [0.2, 0.25) is 0 Å². The molecule has 1 atom stereocenters. The highest BCUT2D eigenvalue weighted by Crippen LogP contribution is 2.38. The van der Waals surface area contributed by atoms with E-state index in [9.17, 15) is 9.59 Å². The Morgan fingerprint density at radius 2 is 2.17 bits per heavy atom. The van der Waals surface area contributed by atoms with E-state index in [4.69, 9.17) is 5.11 Å². The third kappa shape index (κ3) is 4.20. The van der Waals surface area contributed by atoms with E-state index in [1.54, 1.807) is 0 Å². The van der Waals surface area contributed by atoms with E-state index in [-0.39, 0.29) is 18.5 Å². The number of aliphatic carboxylic acids is 1. The van der Waals surface area contributed by atoms with Crippen LogP contribution in [0.5, 0.6) is 0 Å². The Labute approximate surface area is 134 Å². The maximum absolute atomic E-state index is 12.2. The molecular weight excluding hydrogens is 298 g/mol. The molecule has 0 bridgehead atoms. The van der Waals surface area contributed by atoms with Crippen molar-refractivity contribution in [2.45, 2.75) is 57.0 Å². The summed E-state index contributed by atoms with van der Waals surface area (Å²) in [5.41, 5.74) is 1.06. The normalized spacial score (nSPS) is 20.7. The molecule has 1 aromatic rings. The van der Waals surface area contributed by atoms with E-state index in [0.29, 0.717) is 25.4 Å². The van der Waals surface area contributed by atoms with Crippen LogP contribution in [0.2, 0.25) is 0 Å². The molecule has 0 spiro atoms. The molecule has 1 aliphatic heterocycles. The summed E-state index contributed by atoms with van der Waals surface area (Å²) in [4.78, 5) is 24.5. The molecule has 2 heterocycles. The fourth-order valence-corrected chi connectivity index (χ4v) is 3.01. The Morgan fingerprint density at radius 3 is 2.91 bits per heavy atom. The zero-order chi connectivity index (χ0) is 16.2. The smallest absolute Gasteiger partial charge is 0.317 e. The number of hydrogen-bond donors (Lipinski definition) is 2. The number of carboxylic acids is 1. The van der Waals surface area contributed by atoms with Crippen LogP contribution in [0.25, 0.3) is 0 Å². The minimum atomic E-state index is -0.837. The molecule has 1 aliphatic carbocycles. The second kappa shape index (κ2) is 6.97. The van der Waals surface area contributed by atoms with Gasteiger partial charge in [0.15, 0.2) is 0 Å². The van der Waals surface area contributed by atoms with Gasteiger partial charge in [-0.3, -0.25) is 9.48 Å². The first-order valence-electron chi connectivity index (χ1n) is 8.30. The highest BCUT2D eigenvalue weighted by molar-refractivity contribution is 5.75. The van der Waals surface area contributed by atoms with Crippen molar-refractivity contribution in [3.63, 3.8) is 0 Å². The van der Waals surface area contributed by atoms with Gasteiger partial charge in [0, 0.05) is 31.6 Å². The molecule has 2 fully saturated rings. The van der Waals surface area contributed by atoms with E-state index in [0.717, 1.165) is 25.1 Å². The molecule has 1 saturated heterocycles. The number of nitrogens with one attached hydrogen (secondary N) is 1. The summed E-state index contributed by atoms with van der Waals surface area (Å²) < 4.78 is 1.84. The lowest BCUT2D eigenvalue weighted by molar-refractivity contribution is -0.137. The summed E-state index contributed by atoms with van der Waals surface area (Å²) in [7, 11) is 0. The van der Waals surface area contributed by atoms with Gasteiger partial charge >= 0.3 is 12.0 Å². The SMILES string of the molecule is O=C(O)CCCNC(=O)N1CCC[C@H]1Cn1cc(C2CC2)nn1. The molecule has 0 radical (unpaired) electrons. The van der Waals surface area contributed by atoms with Gasteiger partial charge in [-0.2, -0.15) is 0 Å². The molecule has 126 valence electrons. The second-order valence-electron chi connectivity index (χ2n) is 6.36. The van der Waals surface area contributed by atoms with Gasteiger partial charge in [-0.1, -0.05) is 5.21 Å². The topological polar surface area (TPSA) is 100 Å². The van der Waals surface area contributed by atoms with Gasteiger partial charge in [-0.25, -0.2) is 4.79 Å². The van der Waals surface area contributed by atoms with Gasteiger partial charge in [-0.05, 0) is 32.1 Å². The number of carboxylic acid groups (broad SMARTS) is 1. The van der Waals surface area contributed by atoms with E-state index in [1.165, 1.54) is 12.8 Å². The fraction of sp³-hybridized carbons (Fsp3) is 0.733. The van der Waals surface area contributed by atoms with Crippen molar-refractivity contribution >= 4 is 12.0 Å². The average molecular weight is 321 g/mol. The van der Waals surface area contributed by atoms with Crippen LogP contribution in [0.4, 0.5) is 4.79 Å². The predicted molar refractivity (Wildman–Crippen MR) is 82.0 cm³/mol. The Bertz CT molecular complexity index is 569. The third-order valence-electron chi connectivity index (χ3n) is 4.43. The van der Waals surface area contributed by atoms with Crippen LogP contribution in [-0.4, -0.2) is 56.1 Å². The summed E-state index contributed by atoms with van der Waals surface area (Å²) >= 11 is 0. The number of hydrogen-bond acceptors (Lipinski definition) is 4. The standard InChI is InChI=1S/C15H23N5O3/c21-14(22)4-1-7-16-15(23)20-8-2-3-12(20)9-19-10-13(17-18-19)11-5-6-11/h10-12H,1-9H2,(H,16,23)(H,21,22)/t12-/m0/s1. The number of amides is 2. The van der Waals surface area contributed by atoms with Gasteiger partial charge in [0.05, 0.1) is 18.3 Å². The molecule has 2 N–H and O–H groups in total. The molecule has 8 nitrogen and oxygen atoms in total. The predicted octanol–water partition coefficient (Wildman–Crippen LogP) is 1.19. The number of rotatable bonds is 7. The Hall–Kier alpha value is -2.12. The number of urea groups is 1. The van der Waals surface area contributed by atoms with Crippen molar-refractivity contribution in [3.05, 3.63) is 11.9 Å². The van der Waals surface area contributed by atoms with E-state index in [2.05, 4.69) is 15.6 Å². The highest BCUT2D eigenvalue weighted by atomic mass is 16.4. The summed E-state index contributed by atoms with van der Waals surface area (Å²) in [6, 6.07) is 0.0173. The van der Waals surface area contributed by atoms with Crippen LogP contribution >= 0.6 is 0 Å². The van der Waals surface area contributed by atoms with Gasteiger partial charge in [0.1, 0.15) is 0 Å². The maximum Gasteiger partial charge on any atom is 0.317 e. The molecule has 1 aromatic heterocycles. The lowest BCUT2D eigenvalue weighted by Gasteiger charge is -2.24. The summed E-state index contributed by atoms with van der Waals surface area (Å²) in [5, 5.41) is 19.8. The number of nitrogens with zero attached hydrogens (tertiary/aromatic N) is 4. The van der Waals surface area contributed by atoms with Crippen molar-refractivity contribution in [1.29, 1.82) is 0 Å². The van der Waals surface area contributed by atoms with Crippen molar-refractivity contribution in [2.75, 3.05) is 13.1 Å². The summed E-state index contributed by atoms with van der Waals surface area (Å²) in [5.74, 6) is -0.253. The quantitative estimate of drug-likeness (QED) is 0.735. The molecule has 0 aromatic carbocycles. The minimum absolute atomic E-state index is 0.0760. The van der Waals surface area contributed by atoms with Crippen molar-refractivity contribution in [2.24, 2.45) is 0 Å². The molecule has 2 amide bonds. The summed E-state index contributed by atoms with van der Waals surface area (Å²) in [6.07, 6.45) is 6.87. The van der Waals surface area contributed by atoms with Crippen molar-refractivity contribution < 1.29 is 14.7 Å². The van der Waals surface area contributed by atoms with Crippen LogP contribution in [0.1, 0.15) is 50.1 Å². The number of carbonyl (C=O) groups is 2. The van der Waals surface area contributed by atoms with Crippen molar-refractivity contribution in [3.8, 4) is 0 Å². The largest absolute Gasteiger partial charge is 0.481 e. The first kappa shape index (κ1) is 15.8. The van der Waals surface area contributed by atoms with E-state index < -0.39 is 5.97 Å². The van der Waals surface area contributed by atoms with Crippen LogP contribution < -0.4 is 5.32 Å². The number of carbonyl (C=O) groups excluding carboxylic acids is 1. The first-order valence-corrected chi connectivity index (χ1v) is 8.30. The van der Waals surface area contributed by atoms with E-state index in [1.807, 2.05) is 15.8 Å². The van der Waals surface area contributed by atoms with Crippen LogP contribution in [0.3, 0.4) is 0 Å². The Morgan fingerprint density at radius 1 is 1.35 bits per heavy atom. The Balaban J connectivity index is 1.48. The summed E-state index contributed by atoms with van der Waals surface area (Å²) in [6.45, 7) is 1.80. The minimum Gasteiger partial charge on any atom is -0.481 e. The van der Waals surface area contributed by atoms with Gasteiger partial charge in [0.25, 0.3) is 0 Å². The molecule has 3 rings (SSSR count). The average Bonchev–Trinajstić information content (AvgIpc) is 3.09. The lowest BCUT2D eigenvalue weighted by Crippen LogP contribution is -2.44. The monoisotopic (exact) mass is 321 g/mol. The fourth-order valence-electron chi connectivity index (χ4n) is 3.01. The van der Waals surface area contributed by atoms with E-state index >= 15 is 0 Å². The molecule has 2 aliphatic rings. The molecule has 0 unspecified atom stereocenters. The second-order valence-corrected chi connectivity index (χ2v) is 6.36. The molecule has 23 heavy (non-hydrogen) atoms. The molecule has 8 heteroatoms. The number of aromatic nitrogens is 3. The van der Waals surface area contributed by atoms with Crippen LogP contribution in [0, 0.1) is 0 Å². The first-order chi connectivity index (χ1) is 11.1. The van der Waals surface area contributed by atoms with Gasteiger partial charge < -0.3 is 15.3 Å². The highest BCUT2D eigenvalue weighted by Gasteiger charge is 2.30. The molecule has 1 saturated carbocycles. The van der Waals surface area contributed by atoms with Crippen molar-refractivity contribution in [1.82, 2.24) is 25.2 Å². The Kier molecular flexibility index (Phi) is 4.78. The van der Waals surface area contributed by atoms with Crippen LogP contribution in [-0.2, 0) is 11.3 Å². The van der Waals surface area contributed by atoms with Crippen LogP contribution in [0.15, 0.2) is 6.20 Å². The van der Waals surface area contributed by atoms with Gasteiger partial charge in [-0.15, -0.1) is 5.10 Å². The third-order valence-corrected chi connectivity index (χ3v) is 4.43. The zero-order valence-corrected chi connectivity index (χ0v) is 13.1. The molecular formula is C15H23N5O3. The zero-order valence-electron chi connectivity index (χ0n) is 13.1.